The lowest BCUT2D eigenvalue weighted by molar-refractivity contribution is -0.141. The maximum absolute atomic E-state index is 12.6. The van der Waals surface area contributed by atoms with Gasteiger partial charge in [0.15, 0.2) is 0 Å². The minimum absolute atomic E-state index is 0.301. The highest BCUT2D eigenvalue weighted by Crippen LogP contribution is 2.32. The van der Waals surface area contributed by atoms with Gasteiger partial charge in [-0.3, -0.25) is 4.79 Å². The van der Waals surface area contributed by atoms with Crippen LogP contribution in [-0.4, -0.2) is 44.8 Å². The van der Waals surface area contributed by atoms with Crippen LogP contribution >= 0.6 is 0 Å². The maximum atomic E-state index is 12.6. The van der Waals surface area contributed by atoms with E-state index in [0.717, 1.165) is 5.70 Å². The van der Waals surface area contributed by atoms with Crippen LogP contribution in [-0.2, 0) is 9.59 Å². The molecule has 0 fully saturated rings. The molecule has 0 saturated heterocycles. The van der Waals surface area contributed by atoms with E-state index in [4.69, 9.17) is 0 Å². The fraction of sp³-hybridized carbons (Fsp3) is 0.571. The standard InChI is InChI=1S/C14H21N5O3/c1-5-6-10(13(21)22)17-12(20)11-8(2)18(4)14-15-7-16-19(14)9(11)3/h7,9-10H,5-6H2,1-4H3,(H,17,20)(H,21,22). The molecule has 120 valence electrons. The number of rotatable bonds is 5. The fourth-order valence-corrected chi connectivity index (χ4v) is 2.65. The van der Waals surface area contributed by atoms with Crippen LogP contribution in [0.2, 0.25) is 0 Å². The molecule has 2 unspecified atom stereocenters. The number of carboxylic acids is 1. The maximum Gasteiger partial charge on any atom is 0.326 e. The monoisotopic (exact) mass is 307 g/mol. The van der Waals surface area contributed by atoms with Gasteiger partial charge in [0.1, 0.15) is 12.4 Å². The molecule has 1 aromatic rings. The van der Waals surface area contributed by atoms with Crippen LogP contribution in [0.3, 0.4) is 0 Å². The zero-order valence-corrected chi connectivity index (χ0v) is 13.2. The first-order valence-electron chi connectivity index (χ1n) is 7.26. The van der Waals surface area contributed by atoms with Gasteiger partial charge in [-0.25, -0.2) is 9.48 Å². The van der Waals surface area contributed by atoms with Crippen LogP contribution in [0.5, 0.6) is 0 Å². The van der Waals surface area contributed by atoms with Crippen molar-refractivity contribution in [3.8, 4) is 0 Å². The molecule has 1 aliphatic rings. The Labute approximate surface area is 128 Å². The molecular formula is C14H21N5O3. The molecule has 0 spiro atoms. The number of nitrogens with zero attached hydrogens (tertiary/aromatic N) is 4. The number of nitrogens with one attached hydrogen (secondary N) is 1. The van der Waals surface area contributed by atoms with E-state index in [2.05, 4.69) is 15.4 Å². The van der Waals surface area contributed by atoms with Crippen molar-refractivity contribution in [2.24, 2.45) is 0 Å². The summed E-state index contributed by atoms with van der Waals surface area (Å²) in [6, 6.07) is -1.18. The molecule has 0 aliphatic carbocycles. The van der Waals surface area contributed by atoms with Gasteiger partial charge in [-0.1, -0.05) is 13.3 Å². The van der Waals surface area contributed by atoms with E-state index in [-0.39, 0.29) is 11.9 Å². The molecule has 22 heavy (non-hydrogen) atoms. The summed E-state index contributed by atoms with van der Waals surface area (Å²) in [6.07, 6.45) is 2.51. The lowest BCUT2D eigenvalue weighted by Crippen LogP contribution is -2.44. The number of anilines is 1. The molecule has 1 aliphatic heterocycles. The van der Waals surface area contributed by atoms with Crippen LogP contribution in [0.1, 0.15) is 39.7 Å². The molecule has 2 N–H and O–H groups in total. The van der Waals surface area contributed by atoms with Gasteiger partial charge in [0.2, 0.25) is 5.95 Å². The first-order chi connectivity index (χ1) is 10.4. The molecule has 1 amide bonds. The topological polar surface area (TPSA) is 100 Å². The van der Waals surface area contributed by atoms with E-state index in [0.29, 0.717) is 24.4 Å². The third-order valence-corrected chi connectivity index (χ3v) is 3.96. The highest BCUT2D eigenvalue weighted by atomic mass is 16.4. The van der Waals surface area contributed by atoms with Crippen molar-refractivity contribution in [1.82, 2.24) is 20.1 Å². The van der Waals surface area contributed by atoms with E-state index in [1.807, 2.05) is 20.8 Å². The van der Waals surface area contributed by atoms with E-state index in [9.17, 15) is 14.7 Å². The molecule has 8 nitrogen and oxygen atoms in total. The summed E-state index contributed by atoms with van der Waals surface area (Å²) in [5.74, 6) is -0.740. The predicted octanol–water partition coefficient (Wildman–Crippen LogP) is 0.932. The Balaban J connectivity index is 2.28. The Morgan fingerprint density at radius 3 is 2.77 bits per heavy atom. The van der Waals surface area contributed by atoms with Crippen molar-refractivity contribution in [1.29, 1.82) is 0 Å². The van der Waals surface area contributed by atoms with E-state index in [1.54, 1.807) is 16.6 Å². The summed E-state index contributed by atoms with van der Waals surface area (Å²) in [5, 5.41) is 15.9. The summed E-state index contributed by atoms with van der Waals surface area (Å²) in [4.78, 5) is 29.7. The number of hydrogen-bond acceptors (Lipinski definition) is 5. The second-order valence-electron chi connectivity index (χ2n) is 5.39. The highest BCUT2D eigenvalue weighted by Gasteiger charge is 2.33. The van der Waals surface area contributed by atoms with Crippen LogP contribution in [0, 0.1) is 0 Å². The number of aromatic nitrogens is 3. The van der Waals surface area contributed by atoms with Crippen LogP contribution in [0.15, 0.2) is 17.6 Å². The molecule has 8 heteroatoms. The molecule has 2 atom stereocenters. The summed E-state index contributed by atoms with van der Waals surface area (Å²) < 4.78 is 1.65. The first-order valence-corrected chi connectivity index (χ1v) is 7.26. The Morgan fingerprint density at radius 2 is 2.18 bits per heavy atom. The quantitative estimate of drug-likeness (QED) is 0.839. The Bertz CT molecular complexity index is 622. The van der Waals surface area contributed by atoms with Gasteiger partial charge in [0.05, 0.1) is 11.6 Å². The van der Waals surface area contributed by atoms with Crippen molar-refractivity contribution in [3.05, 3.63) is 17.6 Å². The molecule has 2 heterocycles. The smallest absolute Gasteiger partial charge is 0.326 e. The number of allylic oxidation sites excluding steroid dienone is 1. The second kappa shape index (κ2) is 6.17. The van der Waals surface area contributed by atoms with Gasteiger partial charge in [-0.05, 0) is 20.3 Å². The summed E-state index contributed by atoms with van der Waals surface area (Å²) in [7, 11) is 1.80. The van der Waals surface area contributed by atoms with Gasteiger partial charge >= 0.3 is 5.97 Å². The molecule has 1 aromatic heterocycles. The molecule has 0 saturated carbocycles. The SMILES string of the molecule is CCCC(NC(=O)C1=C(C)N(C)c2ncnn2C1C)C(=O)O. The summed E-state index contributed by atoms with van der Waals surface area (Å²) in [6.45, 7) is 5.55. The Morgan fingerprint density at radius 1 is 1.50 bits per heavy atom. The number of carbonyl (C=O) groups is 2. The van der Waals surface area contributed by atoms with E-state index in [1.165, 1.54) is 6.33 Å². The van der Waals surface area contributed by atoms with Gasteiger partial charge in [-0.15, -0.1) is 0 Å². The minimum atomic E-state index is -1.02. The van der Waals surface area contributed by atoms with E-state index < -0.39 is 12.0 Å². The number of carbonyl (C=O) groups excluding carboxylic acids is 1. The largest absolute Gasteiger partial charge is 0.480 e. The van der Waals surface area contributed by atoms with Gasteiger partial charge in [0, 0.05) is 12.7 Å². The third-order valence-electron chi connectivity index (χ3n) is 3.96. The zero-order valence-electron chi connectivity index (χ0n) is 13.2. The molecule has 2 rings (SSSR count). The molecule has 0 bridgehead atoms. The summed E-state index contributed by atoms with van der Waals surface area (Å²) in [5.41, 5.74) is 1.24. The Kier molecular flexibility index (Phi) is 4.48. The van der Waals surface area contributed by atoms with Crippen molar-refractivity contribution in [2.45, 2.75) is 45.7 Å². The predicted molar refractivity (Wildman–Crippen MR) is 80.3 cm³/mol. The Hall–Kier alpha value is -2.38. The number of amides is 1. The minimum Gasteiger partial charge on any atom is -0.480 e. The first kappa shape index (κ1) is 16.0. The number of aliphatic carboxylic acids is 1. The average molecular weight is 307 g/mol. The summed E-state index contributed by atoms with van der Waals surface area (Å²) >= 11 is 0. The van der Waals surface area contributed by atoms with Crippen molar-refractivity contribution < 1.29 is 14.7 Å². The van der Waals surface area contributed by atoms with Crippen LogP contribution < -0.4 is 10.2 Å². The van der Waals surface area contributed by atoms with Crippen molar-refractivity contribution in [3.63, 3.8) is 0 Å². The highest BCUT2D eigenvalue weighted by molar-refractivity contribution is 5.98. The lowest BCUT2D eigenvalue weighted by Gasteiger charge is -2.32. The van der Waals surface area contributed by atoms with Gasteiger partial charge < -0.3 is 15.3 Å². The number of fused-ring (bicyclic) bond motifs is 1. The average Bonchev–Trinajstić information content (AvgIpc) is 2.94. The third kappa shape index (κ3) is 2.68. The van der Waals surface area contributed by atoms with Crippen LogP contribution in [0.25, 0.3) is 0 Å². The second-order valence-corrected chi connectivity index (χ2v) is 5.39. The van der Waals surface area contributed by atoms with E-state index >= 15 is 0 Å². The van der Waals surface area contributed by atoms with Crippen molar-refractivity contribution in [2.75, 3.05) is 11.9 Å². The number of carboxylic acid groups (broad SMARTS) is 1. The fourth-order valence-electron chi connectivity index (χ4n) is 2.65. The zero-order chi connectivity index (χ0) is 16.4. The molecule has 0 aromatic carbocycles. The van der Waals surface area contributed by atoms with Crippen LogP contribution in [0.4, 0.5) is 5.95 Å². The van der Waals surface area contributed by atoms with Gasteiger partial charge in [0.25, 0.3) is 5.91 Å². The molecular weight excluding hydrogens is 286 g/mol. The molecule has 0 radical (unpaired) electrons. The van der Waals surface area contributed by atoms with Crippen molar-refractivity contribution >= 4 is 17.8 Å². The number of hydrogen-bond donors (Lipinski definition) is 2. The van der Waals surface area contributed by atoms with Gasteiger partial charge in [-0.2, -0.15) is 10.1 Å². The lowest BCUT2D eigenvalue weighted by atomic mass is 10.0. The normalized spacial score (nSPS) is 18.9.